The van der Waals surface area contributed by atoms with E-state index in [0.29, 0.717) is 41.5 Å². The van der Waals surface area contributed by atoms with Crippen LogP contribution in [0.5, 0.6) is 6.01 Å². The summed E-state index contributed by atoms with van der Waals surface area (Å²) >= 11 is 6.57. The summed E-state index contributed by atoms with van der Waals surface area (Å²) in [5.41, 5.74) is 4.34. The van der Waals surface area contributed by atoms with E-state index in [-0.39, 0.29) is 18.3 Å². The third-order valence-electron chi connectivity index (χ3n) is 6.46. The Balaban J connectivity index is 1.24. The number of aromatic amines is 1. The first kappa shape index (κ1) is 19.5. The van der Waals surface area contributed by atoms with Crippen LogP contribution >= 0.6 is 11.6 Å². The van der Waals surface area contributed by atoms with Gasteiger partial charge in [0.2, 0.25) is 0 Å². The van der Waals surface area contributed by atoms with Gasteiger partial charge >= 0.3 is 0 Å². The van der Waals surface area contributed by atoms with Crippen molar-refractivity contribution in [3.8, 4) is 17.3 Å². The number of aromatic nitrogens is 3. The first-order valence-electron chi connectivity index (χ1n) is 10.9. The first-order chi connectivity index (χ1) is 15.2. The SMILES string of the molecule is Clc1cc2[nH]c(OC3COC4CCOC43)nc2nc1-c1ccc(C2CCOCC2)cc1. The number of fused-ring (bicyclic) bond motifs is 2. The van der Waals surface area contributed by atoms with E-state index in [2.05, 4.69) is 34.2 Å². The van der Waals surface area contributed by atoms with E-state index in [0.717, 1.165) is 43.6 Å². The Morgan fingerprint density at radius 3 is 2.68 bits per heavy atom. The van der Waals surface area contributed by atoms with E-state index in [4.69, 9.17) is 35.5 Å². The molecular formula is C23H24ClN3O4. The smallest absolute Gasteiger partial charge is 0.296 e. The number of halogens is 1. The molecular weight excluding hydrogens is 418 g/mol. The highest BCUT2D eigenvalue weighted by Gasteiger charge is 2.43. The summed E-state index contributed by atoms with van der Waals surface area (Å²) in [6, 6.07) is 10.8. The van der Waals surface area contributed by atoms with Gasteiger partial charge in [0.25, 0.3) is 6.01 Å². The van der Waals surface area contributed by atoms with Gasteiger partial charge in [-0.15, -0.1) is 0 Å². The fourth-order valence-electron chi connectivity index (χ4n) is 4.77. The van der Waals surface area contributed by atoms with Crippen LogP contribution in [0, 0.1) is 0 Å². The van der Waals surface area contributed by atoms with Crippen LogP contribution in [-0.4, -0.2) is 59.7 Å². The van der Waals surface area contributed by atoms with Gasteiger partial charge in [-0.05, 0) is 36.8 Å². The third-order valence-corrected chi connectivity index (χ3v) is 6.75. The first-order valence-corrected chi connectivity index (χ1v) is 11.3. The molecule has 0 spiro atoms. The van der Waals surface area contributed by atoms with E-state index in [1.807, 2.05) is 6.07 Å². The van der Waals surface area contributed by atoms with Gasteiger partial charge in [0.1, 0.15) is 6.10 Å². The molecule has 2 aromatic heterocycles. The molecule has 6 rings (SSSR count). The number of rotatable bonds is 4. The third kappa shape index (κ3) is 3.69. The normalized spacial score (nSPS) is 26.4. The Kier molecular flexibility index (Phi) is 5.07. The van der Waals surface area contributed by atoms with E-state index < -0.39 is 0 Å². The highest BCUT2D eigenvalue weighted by atomic mass is 35.5. The van der Waals surface area contributed by atoms with Gasteiger partial charge in [0.05, 0.1) is 28.9 Å². The summed E-state index contributed by atoms with van der Waals surface area (Å²) in [7, 11) is 0. The maximum Gasteiger partial charge on any atom is 0.296 e. The van der Waals surface area contributed by atoms with Crippen LogP contribution in [0.4, 0.5) is 0 Å². The molecule has 7 nitrogen and oxygen atoms in total. The molecule has 3 atom stereocenters. The Morgan fingerprint density at radius 2 is 1.84 bits per heavy atom. The molecule has 3 saturated heterocycles. The van der Waals surface area contributed by atoms with Crippen LogP contribution < -0.4 is 4.74 Å². The molecule has 3 aliphatic rings. The quantitative estimate of drug-likeness (QED) is 0.656. The molecule has 1 N–H and O–H groups in total. The number of hydrogen-bond acceptors (Lipinski definition) is 6. The Morgan fingerprint density at radius 1 is 1.00 bits per heavy atom. The van der Waals surface area contributed by atoms with Crippen molar-refractivity contribution in [3.05, 3.63) is 40.9 Å². The lowest BCUT2D eigenvalue weighted by atomic mass is 9.91. The molecule has 1 aromatic carbocycles. The zero-order valence-electron chi connectivity index (χ0n) is 17.1. The van der Waals surface area contributed by atoms with Crippen LogP contribution in [0.25, 0.3) is 22.4 Å². The number of benzene rings is 1. The fourth-order valence-corrected chi connectivity index (χ4v) is 5.03. The molecule has 8 heteroatoms. The van der Waals surface area contributed by atoms with Crippen molar-refractivity contribution in [1.29, 1.82) is 0 Å². The van der Waals surface area contributed by atoms with Crippen molar-refractivity contribution >= 4 is 22.8 Å². The number of imidazole rings is 1. The lowest BCUT2D eigenvalue weighted by Crippen LogP contribution is -2.32. The lowest BCUT2D eigenvalue weighted by molar-refractivity contribution is 0.0273. The number of nitrogens with one attached hydrogen (secondary N) is 1. The predicted molar refractivity (Wildman–Crippen MR) is 116 cm³/mol. The number of ether oxygens (including phenoxy) is 4. The van der Waals surface area contributed by atoms with Crippen molar-refractivity contribution in [2.24, 2.45) is 0 Å². The summed E-state index contributed by atoms with van der Waals surface area (Å²) in [4.78, 5) is 12.4. The number of H-pyrrole nitrogens is 1. The second-order valence-electron chi connectivity index (χ2n) is 8.39. The second kappa shape index (κ2) is 8.06. The molecule has 31 heavy (non-hydrogen) atoms. The maximum atomic E-state index is 6.57. The molecule has 162 valence electrons. The van der Waals surface area contributed by atoms with Gasteiger partial charge in [-0.1, -0.05) is 35.9 Å². The molecule has 5 heterocycles. The molecule has 3 fully saturated rings. The van der Waals surface area contributed by atoms with Crippen molar-refractivity contribution in [1.82, 2.24) is 15.0 Å². The summed E-state index contributed by atoms with van der Waals surface area (Å²) < 4.78 is 23.0. The van der Waals surface area contributed by atoms with Gasteiger partial charge in [-0.2, -0.15) is 4.98 Å². The van der Waals surface area contributed by atoms with Crippen molar-refractivity contribution in [2.75, 3.05) is 26.4 Å². The summed E-state index contributed by atoms with van der Waals surface area (Å²) in [5.74, 6) is 0.558. The minimum Gasteiger partial charge on any atom is -0.456 e. The van der Waals surface area contributed by atoms with E-state index in [1.54, 1.807) is 0 Å². The number of hydrogen-bond donors (Lipinski definition) is 1. The van der Waals surface area contributed by atoms with Crippen molar-refractivity contribution < 1.29 is 18.9 Å². The summed E-state index contributed by atoms with van der Waals surface area (Å²) in [5, 5.41) is 0.574. The van der Waals surface area contributed by atoms with Crippen molar-refractivity contribution in [3.63, 3.8) is 0 Å². The summed E-state index contributed by atoms with van der Waals surface area (Å²) in [6.45, 7) is 2.88. The van der Waals surface area contributed by atoms with Crippen LogP contribution in [-0.2, 0) is 14.2 Å². The Labute approximate surface area is 185 Å². The highest BCUT2D eigenvalue weighted by Crippen LogP contribution is 2.33. The van der Waals surface area contributed by atoms with Crippen LogP contribution in [0.1, 0.15) is 30.7 Å². The van der Waals surface area contributed by atoms with Crippen LogP contribution in [0.2, 0.25) is 5.02 Å². The van der Waals surface area contributed by atoms with Crippen LogP contribution in [0.15, 0.2) is 30.3 Å². The van der Waals surface area contributed by atoms with E-state index >= 15 is 0 Å². The van der Waals surface area contributed by atoms with E-state index in [1.165, 1.54) is 5.56 Å². The van der Waals surface area contributed by atoms with Gasteiger partial charge in [0, 0.05) is 25.4 Å². The Bertz CT molecular complexity index is 1080. The number of nitrogens with zero attached hydrogens (tertiary/aromatic N) is 2. The highest BCUT2D eigenvalue weighted by molar-refractivity contribution is 6.33. The topological polar surface area (TPSA) is 78.5 Å². The second-order valence-corrected chi connectivity index (χ2v) is 8.80. The minimum atomic E-state index is -0.166. The van der Waals surface area contributed by atoms with Crippen LogP contribution in [0.3, 0.4) is 0 Å². The summed E-state index contributed by atoms with van der Waals surface area (Å²) in [6.07, 6.45) is 2.98. The minimum absolute atomic E-state index is 0.0328. The molecule has 0 bridgehead atoms. The zero-order valence-corrected chi connectivity index (χ0v) is 17.8. The number of pyridine rings is 1. The molecule has 3 aromatic rings. The van der Waals surface area contributed by atoms with E-state index in [9.17, 15) is 0 Å². The monoisotopic (exact) mass is 441 g/mol. The average Bonchev–Trinajstić information content (AvgIpc) is 3.51. The van der Waals surface area contributed by atoms with Gasteiger partial charge < -0.3 is 23.9 Å². The van der Waals surface area contributed by atoms with Gasteiger partial charge in [0.15, 0.2) is 11.8 Å². The van der Waals surface area contributed by atoms with Gasteiger partial charge in [-0.3, -0.25) is 0 Å². The largest absolute Gasteiger partial charge is 0.456 e. The maximum absolute atomic E-state index is 6.57. The molecule has 0 radical (unpaired) electrons. The average molecular weight is 442 g/mol. The molecule has 0 aliphatic carbocycles. The fraction of sp³-hybridized carbons (Fsp3) is 0.478. The predicted octanol–water partition coefficient (Wildman–Crippen LogP) is 4.11. The molecule has 3 aliphatic heterocycles. The zero-order chi connectivity index (χ0) is 20.8. The molecule has 0 saturated carbocycles. The molecule has 0 amide bonds. The van der Waals surface area contributed by atoms with Crippen molar-refractivity contribution in [2.45, 2.75) is 43.5 Å². The molecule has 3 unspecified atom stereocenters. The standard InChI is InChI=1S/C23H24ClN3O4/c24-16-11-17-22(27-23(25-17)31-19-12-30-18-7-10-29-21(18)19)26-20(16)15-3-1-13(2-4-15)14-5-8-28-9-6-14/h1-4,11,14,18-19,21H,5-10,12H2,(H,25,26,27). The Hall–Kier alpha value is -2.19. The van der Waals surface area contributed by atoms with Gasteiger partial charge in [-0.25, -0.2) is 4.98 Å². The lowest BCUT2D eigenvalue weighted by Gasteiger charge is -2.22.